The summed E-state index contributed by atoms with van der Waals surface area (Å²) in [5, 5.41) is 0. The summed E-state index contributed by atoms with van der Waals surface area (Å²) in [4.78, 5) is 2.76. The van der Waals surface area contributed by atoms with Crippen molar-refractivity contribution in [1.29, 1.82) is 0 Å². The van der Waals surface area contributed by atoms with Gasteiger partial charge in [0.25, 0.3) is 0 Å². The SMILES string of the molecule is CC(C)(C)N1CC2CCC[C@@H]1CC2. The van der Waals surface area contributed by atoms with Gasteiger partial charge in [-0.05, 0) is 52.4 Å². The van der Waals surface area contributed by atoms with Crippen LogP contribution in [-0.4, -0.2) is 23.0 Å². The van der Waals surface area contributed by atoms with Crippen LogP contribution >= 0.6 is 0 Å². The molecule has 1 saturated carbocycles. The van der Waals surface area contributed by atoms with Crippen molar-refractivity contribution in [2.75, 3.05) is 6.54 Å². The van der Waals surface area contributed by atoms with Crippen LogP contribution in [0.25, 0.3) is 0 Å². The second kappa shape index (κ2) is 3.27. The molecule has 3 aliphatic rings. The third kappa shape index (κ3) is 1.90. The molecule has 0 N–H and O–H groups in total. The van der Waals surface area contributed by atoms with E-state index in [1.807, 2.05) is 0 Å². The topological polar surface area (TPSA) is 3.24 Å². The number of nitrogens with zero attached hydrogens (tertiary/aromatic N) is 1. The first-order chi connectivity index (χ1) is 6.07. The van der Waals surface area contributed by atoms with Crippen LogP contribution in [0.1, 0.15) is 52.9 Å². The lowest BCUT2D eigenvalue weighted by molar-refractivity contribution is 0.0366. The lowest BCUT2D eigenvalue weighted by Crippen LogP contribution is -2.51. The van der Waals surface area contributed by atoms with Crippen LogP contribution in [0.2, 0.25) is 0 Å². The predicted molar refractivity (Wildman–Crippen MR) is 56.8 cm³/mol. The molecule has 2 aliphatic heterocycles. The molecule has 2 saturated heterocycles. The molecule has 2 bridgehead atoms. The zero-order chi connectivity index (χ0) is 9.47. The van der Waals surface area contributed by atoms with Gasteiger partial charge < -0.3 is 0 Å². The molecule has 1 unspecified atom stereocenters. The fourth-order valence-electron chi connectivity index (χ4n) is 3.10. The molecular formula is C12H23N. The van der Waals surface area contributed by atoms with E-state index in [2.05, 4.69) is 25.7 Å². The highest BCUT2D eigenvalue weighted by atomic mass is 15.2. The van der Waals surface area contributed by atoms with Gasteiger partial charge >= 0.3 is 0 Å². The Balaban J connectivity index is 2.12. The van der Waals surface area contributed by atoms with E-state index < -0.39 is 0 Å². The van der Waals surface area contributed by atoms with E-state index in [1.165, 1.54) is 38.6 Å². The normalized spacial score (nSPS) is 36.2. The third-order valence-corrected chi connectivity index (χ3v) is 3.82. The zero-order valence-corrected chi connectivity index (χ0v) is 9.34. The molecule has 0 spiro atoms. The van der Waals surface area contributed by atoms with Gasteiger partial charge in [0.05, 0.1) is 0 Å². The molecule has 0 radical (unpaired) electrons. The highest BCUT2D eigenvalue weighted by Gasteiger charge is 2.36. The minimum atomic E-state index is 0.397. The van der Waals surface area contributed by atoms with Gasteiger partial charge in [0.1, 0.15) is 0 Å². The fraction of sp³-hybridized carbons (Fsp3) is 1.00. The summed E-state index contributed by atoms with van der Waals surface area (Å²) in [6.07, 6.45) is 7.37. The van der Waals surface area contributed by atoms with Crippen LogP contribution < -0.4 is 0 Å². The fourth-order valence-corrected chi connectivity index (χ4v) is 3.10. The minimum absolute atomic E-state index is 0.397. The summed E-state index contributed by atoms with van der Waals surface area (Å²) in [5.74, 6) is 1.01. The Morgan fingerprint density at radius 1 is 1.00 bits per heavy atom. The first-order valence-electron chi connectivity index (χ1n) is 5.84. The van der Waals surface area contributed by atoms with Crippen molar-refractivity contribution in [1.82, 2.24) is 4.90 Å². The van der Waals surface area contributed by atoms with Crippen LogP contribution in [0.15, 0.2) is 0 Å². The molecule has 1 nitrogen and oxygen atoms in total. The number of hydrogen-bond donors (Lipinski definition) is 0. The molecule has 0 amide bonds. The molecule has 2 atom stereocenters. The third-order valence-electron chi connectivity index (χ3n) is 3.82. The molecule has 76 valence electrons. The Bertz CT molecular complexity index is 176. The predicted octanol–water partition coefficient (Wildman–Crippen LogP) is 3.05. The Labute approximate surface area is 82.5 Å². The quantitative estimate of drug-likeness (QED) is 0.555. The van der Waals surface area contributed by atoms with Gasteiger partial charge in [-0.3, -0.25) is 4.90 Å². The Morgan fingerprint density at radius 2 is 1.77 bits per heavy atom. The van der Waals surface area contributed by atoms with Crippen molar-refractivity contribution in [2.24, 2.45) is 5.92 Å². The van der Waals surface area contributed by atoms with Crippen molar-refractivity contribution in [3.8, 4) is 0 Å². The van der Waals surface area contributed by atoms with Gasteiger partial charge in [0.2, 0.25) is 0 Å². The second-order valence-electron chi connectivity index (χ2n) is 5.85. The first-order valence-corrected chi connectivity index (χ1v) is 5.84. The van der Waals surface area contributed by atoms with E-state index >= 15 is 0 Å². The summed E-state index contributed by atoms with van der Waals surface area (Å²) < 4.78 is 0. The van der Waals surface area contributed by atoms with Gasteiger partial charge in [-0.25, -0.2) is 0 Å². The number of rotatable bonds is 0. The Kier molecular flexibility index (Phi) is 2.39. The van der Waals surface area contributed by atoms with Crippen molar-refractivity contribution >= 4 is 0 Å². The van der Waals surface area contributed by atoms with E-state index in [-0.39, 0.29) is 0 Å². The monoisotopic (exact) mass is 181 g/mol. The summed E-state index contributed by atoms with van der Waals surface area (Å²) in [6.45, 7) is 8.48. The summed E-state index contributed by atoms with van der Waals surface area (Å²) in [7, 11) is 0. The molecule has 3 rings (SSSR count). The molecular weight excluding hydrogens is 158 g/mol. The largest absolute Gasteiger partial charge is 0.295 e. The van der Waals surface area contributed by atoms with Gasteiger partial charge in [-0.1, -0.05) is 6.42 Å². The van der Waals surface area contributed by atoms with Crippen LogP contribution in [0.4, 0.5) is 0 Å². The maximum absolute atomic E-state index is 2.76. The van der Waals surface area contributed by atoms with Gasteiger partial charge in [-0.2, -0.15) is 0 Å². The molecule has 13 heavy (non-hydrogen) atoms. The number of fused-ring (bicyclic) bond motifs is 4. The van der Waals surface area contributed by atoms with E-state index in [0.717, 1.165) is 12.0 Å². The maximum Gasteiger partial charge on any atom is 0.0128 e. The van der Waals surface area contributed by atoms with E-state index in [4.69, 9.17) is 0 Å². The molecule has 2 heterocycles. The van der Waals surface area contributed by atoms with Crippen molar-refractivity contribution < 1.29 is 0 Å². The van der Waals surface area contributed by atoms with E-state index in [9.17, 15) is 0 Å². The highest BCUT2D eigenvalue weighted by molar-refractivity contribution is 4.91. The summed E-state index contributed by atoms with van der Waals surface area (Å²) in [6, 6.07) is 0.902. The Morgan fingerprint density at radius 3 is 2.46 bits per heavy atom. The van der Waals surface area contributed by atoms with Crippen LogP contribution in [0.5, 0.6) is 0 Å². The average Bonchev–Trinajstić information content (AvgIpc) is 2.35. The zero-order valence-electron chi connectivity index (χ0n) is 9.34. The van der Waals surface area contributed by atoms with Gasteiger partial charge in [0.15, 0.2) is 0 Å². The smallest absolute Gasteiger partial charge is 0.0128 e. The Hall–Kier alpha value is -0.0400. The van der Waals surface area contributed by atoms with E-state index in [1.54, 1.807) is 0 Å². The highest BCUT2D eigenvalue weighted by Crippen LogP contribution is 2.36. The molecule has 0 aromatic carbocycles. The van der Waals surface area contributed by atoms with Crippen molar-refractivity contribution in [3.63, 3.8) is 0 Å². The van der Waals surface area contributed by atoms with Crippen molar-refractivity contribution in [3.05, 3.63) is 0 Å². The minimum Gasteiger partial charge on any atom is -0.295 e. The molecule has 0 aromatic heterocycles. The standard InChI is InChI=1S/C12H23N/c1-12(2,3)13-9-10-5-4-6-11(13)8-7-10/h10-11H,4-9H2,1-3H3/t10?,11-/m1/s1. The summed E-state index contributed by atoms with van der Waals surface area (Å²) in [5.41, 5.74) is 0.397. The second-order valence-corrected chi connectivity index (χ2v) is 5.85. The molecule has 1 heteroatoms. The van der Waals surface area contributed by atoms with Crippen molar-refractivity contribution in [2.45, 2.75) is 64.5 Å². The molecule has 0 aromatic rings. The van der Waals surface area contributed by atoms with Gasteiger partial charge in [0, 0.05) is 18.1 Å². The number of hydrogen-bond acceptors (Lipinski definition) is 1. The lowest BCUT2D eigenvalue weighted by Gasteiger charge is -2.45. The molecule has 1 aliphatic carbocycles. The maximum atomic E-state index is 2.76. The van der Waals surface area contributed by atoms with E-state index in [0.29, 0.717) is 5.54 Å². The average molecular weight is 181 g/mol. The lowest BCUT2D eigenvalue weighted by atomic mass is 9.90. The first kappa shape index (κ1) is 9.51. The number of piperidine rings is 1. The summed E-state index contributed by atoms with van der Waals surface area (Å²) >= 11 is 0. The van der Waals surface area contributed by atoms with Crippen LogP contribution in [0, 0.1) is 5.92 Å². The van der Waals surface area contributed by atoms with Crippen LogP contribution in [-0.2, 0) is 0 Å². The molecule has 3 fully saturated rings. The van der Waals surface area contributed by atoms with Crippen LogP contribution in [0.3, 0.4) is 0 Å². The van der Waals surface area contributed by atoms with Gasteiger partial charge in [-0.15, -0.1) is 0 Å².